The standard InChI is InChI=1S/C9H18O7Si/c1-17(2,3)16-9-6(12)4(10)5(11)7(15-9)8(13)14/h4-7,9-12H,1-3H3,(H,13,14)/t4-,5-,6+,7-,9-/m0/s1. The highest BCUT2D eigenvalue weighted by Gasteiger charge is 2.48. The SMILES string of the molecule is C[Si](C)(C)O[C@@H]1O[C@H](C(=O)O)[C@@H](O)[C@H](O)[C@H]1O. The quantitative estimate of drug-likeness (QED) is 0.471. The highest BCUT2D eigenvalue weighted by molar-refractivity contribution is 6.69. The molecule has 8 heteroatoms. The number of rotatable bonds is 3. The van der Waals surface area contributed by atoms with Gasteiger partial charge >= 0.3 is 5.97 Å². The summed E-state index contributed by atoms with van der Waals surface area (Å²) in [5, 5.41) is 37.4. The van der Waals surface area contributed by atoms with Gasteiger partial charge in [0.05, 0.1) is 0 Å². The van der Waals surface area contributed by atoms with E-state index in [0.29, 0.717) is 0 Å². The average Bonchev–Trinajstić information content (AvgIpc) is 2.16. The van der Waals surface area contributed by atoms with E-state index in [1.165, 1.54) is 0 Å². The summed E-state index contributed by atoms with van der Waals surface area (Å²) in [6.45, 7) is 5.49. The summed E-state index contributed by atoms with van der Waals surface area (Å²) < 4.78 is 10.4. The summed E-state index contributed by atoms with van der Waals surface area (Å²) in [6, 6.07) is 0. The summed E-state index contributed by atoms with van der Waals surface area (Å²) >= 11 is 0. The smallest absolute Gasteiger partial charge is 0.335 e. The third kappa shape index (κ3) is 3.47. The van der Waals surface area contributed by atoms with Crippen LogP contribution in [0.3, 0.4) is 0 Å². The number of aliphatic hydroxyl groups excluding tert-OH is 3. The predicted octanol–water partition coefficient (Wildman–Crippen LogP) is -1.27. The monoisotopic (exact) mass is 266 g/mol. The molecule has 0 aromatic rings. The van der Waals surface area contributed by atoms with Gasteiger partial charge in [-0.1, -0.05) is 0 Å². The number of aliphatic carboxylic acids is 1. The Morgan fingerprint density at radius 2 is 1.65 bits per heavy atom. The Labute approximate surface area is 99.7 Å². The maximum Gasteiger partial charge on any atom is 0.335 e. The summed E-state index contributed by atoms with van der Waals surface area (Å²) in [5.41, 5.74) is 0. The number of carboxylic acids is 1. The predicted molar refractivity (Wildman–Crippen MR) is 58.7 cm³/mol. The molecular weight excluding hydrogens is 248 g/mol. The molecule has 0 aromatic heterocycles. The number of carboxylic acid groups (broad SMARTS) is 1. The Balaban J connectivity index is 2.82. The van der Waals surface area contributed by atoms with Gasteiger partial charge in [-0.15, -0.1) is 0 Å². The topological polar surface area (TPSA) is 116 Å². The van der Waals surface area contributed by atoms with Crippen LogP contribution in [0, 0.1) is 0 Å². The summed E-state index contributed by atoms with van der Waals surface area (Å²) in [4.78, 5) is 10.8. The summed E-state index contributed by atoms with van der Waals surface area (Å²) in [6.07, 6.45) is -7.58. The van der Waals surface area contributed by atoms with Crippen LogP contribution in [0.15, 0.2) is 0 Å². The van der Waals surface area contributed by atoms with Gasteiger partial charge in [-0.2, -0.15) is 0 Å². The second-order valence-electron chi connectivity index (χ2n) is 4.97. The van der Waals surface area contributed by atoms with Crippen molar-refractivity contribution in [1.82, 2.24) is 0 Å². The Hall–Kier alpha value is -0.513. The van der Waals surface area contributed by atoms with E-state index in [2.05, 4.69) is 0 Å². The van der Waals surface area contributed by atoms with Crippen LogP contribution < -0.4 is 0 Å². The van der Waals surface area contributed by atoms with E-state index in [4.69, 9.17) is 14.3 Å². The molecule has 1 heterocycles. The fourth-order valence-corrected chi connectivity index (χ4v) is 2.39. The first-order valence-corrected chi connectivity index (χ1v) is 8.64. The Kier molecular flexibility index (Phi) is 4.28. The zero-order valence-corrected chi connectivity index (χ0v) is 10.9. The highest BCUT2D eigenvalue weighted by Crippen LogP contribution is 2.24. The van der Waals surface area contributed by atoms with E-state index in [1.54, 1.807) is 0 Å². The van der Waals surface area contributed by atoms with Gasteiger partial charge in [0.25, 0.3) is 0 Å². The lowest BCUT2D eigenvalue weighted by Gasteiger charge is -2.40. The molecule has 0 amide bonds. The van der Waals surface area contributed by atoms with Gasteiger partial charge in [-0.05, 0) is 19.6 Å². The Bertz CT molecular complexity index is 290. The molecular formula is C9H18O7Si. The van der Waals surface area contributed by atoms with E-state index < -0.39 is 45.0 Å². The van der Waals surface area contributed by atoms with E-state index >= 15 is 0 Å². The zero-order valence-electron chi connectivity index (χ0n) is 9.90. The van der Waals surface area contributed by atoms with Gasteiger partial charge in [0.1, 0.15) is 18.3 Å². The molecule has 0 bridgehead atoms. The summed E-state index contributed by atoms with van der Waals surface area (Å²) in [5.74, 6) is -1.41. The second kappa shape index (κ2) is 5.00. The maximum absolute atomic E-state index is 10.8. The molecule has 0 unspecified atom stereocenters. The molecule has 1 rings (SSSR count). The third-order valence-corrected chi connectivity index (χ3v) is 3.22. The zero-order chi connectivity index (χ0) is 13.4. The summed E-state index contributed by atoms with van der Waals surface area (Å²) in [7, 11) is -2.07. The first-order valence-electron chi connectivity index (χ1n) is 5.24. The van der Waals surface area contributed by atoms with Crippen LogP contribution in [0.4, 0.5) is 0 Å². The van der Waals surface area contributed by atoms with Crippen LogP contribution >= 0.6 is 0 Å². The van der Waals surface area contributed by atoms with Crippen molar-refractivity contribution >= 4 is 14.3 Å². The molecule has 0 spiro atoms. The van der Waals surface area contributed by atoms with Crippen molar-refractivity contribution in [3.63, 3.8) is 0 Å². The molecule has 0 saturated carbocycles. The molecule has 0 radical (unpaired) electrons. The minimum absolute atomic E-state index is 1.24. The largest absolute Gasteiger partial charge is 0.479 e. The lowest BCUT2D eigenvalue weighted by molar-refractivity contribution is -0.273. The van der Waals surface area contributed by atoms with Crippen LogP contribution in [0.2, 0.25) is 19.6 Å². The Morgan fingerprint density at radius 3 is 2.06 bits per heavy atom. The van der Waals surface area contributed by atoms with Crippen molar-refractivity contribution in [2.45, 2.75) is 50.3 Å². The average molecular weight is 266 g/mol. The molecule has 1 fully saturated rings. The molecule has 1 aliphatic rings. The maximum atomic E-state index is 10.8. The number of hydrogen-bond acceptors (Lipinski definition) is 6. The van der Waals surface area contributed by atoms with Gasteiger partial charge in [0.2, 0.25) is 0 Å². The van der Waals surface area contributed by atoms with Crippen LogP contribution in [0.25, 0.3) is 0 Å². The number of aliphatic hydroxyl groups is 3. The minimum Gasteiger partial charge on any atom is -0.479 e. The lowest BCUT2D eigenvalue weighted by atomic mass is 9.99. The van der Waals surface area contributed by atoms with Crippen LogP contribution in [-0.2, 0) is 14.0 Å². The fraction of sp³-hybridized carbons (Fsp3) is 0.889. The van der Waals surface area contributed by atoms with Crippen molar-refractivity contribution in [2.24, 2.45) is 0 Å². The molecule has 1 aliphatic heterocycles. The van der Waals surface area contributed by atoms with E-state index in [-0.39, 0.29) is 0 Å². The number of carbonyl (C=O) groups is 1. The minimum atomic E-state index is -2.07. The number of hydrogen-bond donors (Lipinski definition) is 4. The fourth-order valence-electron chi connectivity index (χ4n) is 1.50. The molecule has 0 aromatic carbocycles. The Morgan fingerprint density at radius 1 is 1.12 bits per heavy atom. The van der Waals surface area contributed by atoms with E-state index in [1.807, 2.05) is 19.6 Å². The first-order chi connectivity index (χ1) is 7.63. The van der Waals surface area contributed by atoms with Gasteiger partial charge in [0, 0.05) is 0 Å². The molecule has 4 N–H and O–H groups in total. The van der Waals surface area contributed by atoms with Crippen molar-refractivity contribution in [1.29, 1.82) is 0 Å². The van der Waals surface area contributed by atoms with Crippen molar-refractivity contribution in [3.8, 4) is 0 Å². The molecule has 1 saturated heterocycles. The van der Waals surface area contributed by atoms with Crippen molar-refractivity contribution in [3.05, 3.63) is 0 Å². The van der Waals surface area contributed by atoms with Crippen LogP contribution in [-0.4, -0.2) is 65.4 Å². The van der Waals surface area contributed by atoms with Gasteiger partial charge in [-0.25, -0.2) is 4.79 Å². The van der Waals surface area contributed by atoms with Gasteiger partial charge in [-0.3, -0.25) is 0 Å². The van der Waals surface area contributed by atoms with Crippen LogP contribution in [0.1, 0.15) is 0 Å². The normalized spacial score (nSPS) is 39.1. The molecule has 5 atom stereocenters. The van der Waals surface area contributed by atoms with Crippen LogP contribution in [0.5, 0.6) is 0 Å². The van der Waals surface area contributed by atoms with E-state index in [0.717, 1.165) is 0 Å². The highest BCUT2D eigenvalue weighted by atomic mass is 28.4. The lowest BCUT2D eigenvalue weighted by Crippen LogP contribution is -2.61. The van der Waals surface area contributed by atoms with Gasteiger partial charge in [0.15, 0.2) is 20.7 Å². The number of ether oxygens (including phenoxy) is 1. The first kappa shape index (κ1) is 14.5. The second-order valence-corrected chi connectivity index (χ2v) is 9.43. The molecule has 7 nitrogen and oxygen atoms in total. The van der Waals surface area contributed by atoms with E-state index in [9.17, 15) is 20.1 Å². The molecule has 100 valence electrons. The van der Waals surface area contributed by atoms with Crippen molar-refractivity contribution in [2.75, 3.05) is 0 Å². The van der Waals surface area contributed by atoms with Crippen molar-refractivity contribution < 1.29 is 34.4 Å². The third-order valence-electron chi connectivity index (χ3n) is 2.28. The molecule has 17 heavy (non-hydrogen) atoms. The van der Waals surface area contributed by atoms with Gasteiger partial charge < -0.3 is 29.6 Å². The molecule has 0 aliphatic carbocycles.